The molecule has 0 fully saturated rings. The molecule has 0 amide bonds. The van der Waals surface area contributed by atoms with Gasteiger partial charge in [-0.3, -0.25) is 0 Å². The third-order valence-corrected chi connectivity index (χ3v) is 3.78. The van der Waals surface area contributed by atoms with Crippen LogP contribution in [0.5, 0.6) is 0 Å². The second kappa shape index (κ2) is 5.56. The van der Waals surface area contributed by atoms with Crippen LogP contribution in [0.3, 0.4) is 0 Å². The van der Waals surface area contributed by atoms with Crippen LogP contribution in [-0.2, 0) is 0 Å². The third kappa shape index (κ3) is 2.55. The number of hydrogen-bond donors (Lipinski definition) is 2. The molecular weight excluding hydrogens is 272 g/mol. The van der Waals surface area contributed by atoms with Crippen LogP contribution in [0.2, 0.25) is 0 Å². The van der Waals surface area contributed by atoms with Crippen molar-refractivity contribution < 1.29 is 0 Å². The Morgan fingerprint density at radius 3 is 2.45 bits per heavy atom. The molecule has 2 aromatic carbocycles. The summed E-state index contributed by atoms with van der Waals surface area (Å²) in [7, 11) is 4.06. The lowest BCUT2D eigenvalue weighted by atomic mass is 10.1. The van der Waals surface area contributed by atoms with E-state index in [1.165, 1.54) is 0 Å². The average molecular weight is 292 g/mol. The predicted octanol–water partition coefficient (Wildman–Crippen LogP) is 3.94. The summed E-state index contributed by atoms with van der Waals surface area (Å²) in [5.74, 6) is 0.825. The molecule has 22 heavy (non-hydrogen) atoms. The summed E-state index contributed by atoms with van der Waals surface area (Å²) in [4.78, 5) is 6.60. The van der Waals surface area contributed by atoms with E-state index in [-0.39, 0.29) is 0 Å². The van der Waals surface area contributed by atoms with Crippen LogP contribution in [0.15, 0.2) is 48.7 Å². The fourth-order valence-electron chi connectivity index (χ4n) is 2.58. The van der Waals surface area contributed by atoms with Gasteiger partial charge in [-0.1, -0.05) is 12.1 Å². The molecule has 0 aliphatic heterocycles. The lowest BCUT2D eigenvalue weighted by Crippen LogP contribution is -2.08. The Balaban J connectivity index is 2.01. The van der Waals surface area contributed by atoms with Gasteiger partial charge in [0.2, 0.25) is 0 Å². The van der Waals surface area contributed by atoms with Crippen LogP contribution in [0.1, 0.15) is 5.56 Å². The molecule has 0 unspecified atom stereocenters. The van der Waals surface area contributed by atoms with E-state index in [1.54, 1.807) is 0 Å². The monoisotopic (exact) mass is 292 g/mol. The van der Waals surface area contributed by atoms with Crippen LogP contribution in [0, 0.1) is 6.92 Å². The summed E-state index contributed by atoms with van der Waals surface area (Å²) in [5.41, 5.74) is 10.1. The van der Waals surface area contributed by atoms with Crippen molar-refractivity contribution in [3.63, 3.8) is 0 Å². The van der Waals surface area contributed by atoms with Gasteiger partial charge in [0.05, 0.1) is 0 Å². The maximum Gasteiger partial charge on any atom is 0.138 e. The highest BCUT2D eigenvalue weighted by atomic mass is 15.1. The molecule has 3 aromatic rings. The molecule has 0 aliphatic carbocycles. The zero-order valence-corrected chi connectivity index (χ0v) is 13.1. The zero-order valence-electron chi connectivity index (χ0n) is 13.1. The molecule has 1 aromatic heterocycles. The molecule has 0 aliphatic rings. The average Bonchev–Trinajstić information content (AvgIpc) is 2.50. The van der Waals surface area contributed by atoms with Crippen molar-refractivity contribution in [2.75, 3.05) is 30.0 Å². The van der Waals surface area contributed by atoms with Gasteiger partial charge in [-0.2, -0.15) is 0 Å². The largest absolute Gasteiger partial charge is 0.398 e. The van der Waals surface area contributed by atoms with Gasteiger partial charge < -0.3 is 16.0 Å². The van der Waals surface area contributed by atoms with Crippen LogP contribution in [0.25, 0.3) is 10.8 Å². The van der Waals surface area contributed by atoms with Crippen LogP contribution in [0.4, 0.5) is 22.9 Å². The summed E-state index contributed by atoms with van der Waals surface area (Å²) in [6.45, 7) is 2.03. The van der Waals surface area contributed by atoms with E-state index in [4.69, 9.17) is 5.73 Å². The molecule has 3 rings (SSSR count). The van der Waals surface area contributed by atoms with E-state index in [0.29, 0.717) is 0 Å². The lowest BCUT2D eigenvalue weighted by Gasteiger charge is -2.14. The number of hydrogen-bond acceptors (Lipinski definition) is 4. The van der Waals surface area contributed by atoms with Crippen molar-refractivity contribution in [3.05, 3.63) is 54.2 Å². The van der Waals surface area contributed by atoms with Gasteiger partial charge in [0.15, 0.2) is 0 Å². The zero-order chi connectivity index (χ0) is 15.7. The molecule has 3 N–H and O–H groups in total. The molecule has 0 bridgehead atoms. The number of benzene rings is 2. The van der Waals surface area contributed by atoms with Gasteiger partial charge >= 0.3 is 0 Å². The first-order valence-electron chi connectivity index (χ1n) is 7.24. The van der Waals surface area contributed by atoms with E-state index in [2.05, 4.69) is 39.5 Å². The van der Waals surface area contributed by atoms with Gasteiger partial charge in [-0.05, 0) is 42.8 Å². The van der Waals surface area contributed by atoms with Crippen molar-refractivity contribution in [2.24, 2.45) is 0 Å². The molecule has 0 saturated heterocycles. The van der Waals surface area contributed by atoms with E-state index >= 15 is 0 Å². The van der Waals surface area contributed by atoms with Crippen molar-refractivity contribution in [3.8, 4) is 0 Å². The maximum absolute atomic E-state index is 6.11. The number of aromatic nitrogens is 1. The lowest BCUT2D eigenvalue weighted by molar-refractivity contribution is 1.13. The van der Waals surface area contributed by atoms with Crippen LogP contribution in [-0.4, -0.2) is 19.1 Å². The molecule has 0 atom stereocenters. The number of nitrogens with one attached hydrogen (secondary N) is 1. The van der Waals surface area contributed by atoms with Crippen LogP contribution < -0.4 is 16.0 Å². The minimum absolute atomic E-state index is 0.781. The van der Waals surface area contributed by atoms with Gasteiger partial charge in [-0.25, -0.2) is 4.98 Å². The quantitative estimate of drug-likeness (QED) is 0.718. The number of pyridine rings is 1. The summed E-state index contributed by atoms with van der Waals surface area (Å²) < 4.78 is 0. The van der Waals surface area contributed by atoms with E-state index in [1.807, 2.05) is 45.4 Å². The Labute approximate surface area is 130 Å². The van der Waals surface area contributed by atoms with Gasteiger partial charge in [0.1, 0.15) is 5.82 Å². The summed E-state index contributed by atoms with van der Waals surface area (Å²) in [6, 6.07) is 14.2. The van der Waals surface area contributed by atoms with Crippen molar-refractivity contribution in [1.29, 1.82) is 0 Å². The van der Waals surface area contributed by atoms with Crippen LogP contribution >= 0.6 is 0 Å². The smallest absolute Gasteiger partial charge is 0.138 e. The Kier molecular flexibility index (Phi) is 3.59. The fourth-order valence-corrected chi connectivity index (χ4v) is 2.58. The Bertz CT molecular complexity index is 799. The van der Waals surface area contributed by atoms with E-state index < -0.39 is 0 Å². The topological polar surface area (TPSA) is 54.2 Å². The van der Waals surface area contributed by atoms with Gasteiger partial charge in [0, 0.05) is 48.1 Å². The SMILES string of the molecule is Cc1cnc(Nc2ccc(N(C)C)cc2)c2cccc(N)c12. The number of nitrogens with zero attached hydrogens (tertiary/aromatic N) is 2. The molecule has 112 valence electrons. The molecule has 4 heteroatoms. The first-order chi connectivity index (χ1) is 10.6. The molecule has 0 radical (unpaired) electrons. The predicted molar refractivity (Wildman–Crippen MR) is 94.9 cm³/mol. The summed E-state index contributed by atoms with van der Waals surface area (Å²) in [5, 5.41) is 5.48. The fraction of sp³-hybridized carbons (Fsp3) is 0.167. The number of anilines is 4. The van der Waals surface area contributed by atoms with Crippen molar-refractivity contribution in [2.45, 2.75) is 6.92 Å². The second-order valence-electron chi connectivity index (χ2n) is 5.63. The number of fused-ring (bicyclic) bond motifs is 1. The first-order valence-corrected chi connectivity index (χ1v) is 7.24. The van der Waals surface area contributed by atoms with Crippen molar-refractivity contribution in [1.82, 2.24) is 4.98 Å². The highest BCUT2D eigenvalue weighted by Gasteiger charge is 2.08. The minimum atomic E-state index is 0.781. The van der Waals surface area contributed by atoms with Gasteiger partial charge in [-0.15, -0.1) is 0 Å². The Hall–Kier alpha value is -2.75. The van der Waals surface area contributed by atoms with Crippen molar-refractivity contribution >= 4 is 33.7 Å². The highest BCUT2D eigenvalue weighted by molar-refractivity contribution is 6.02. The van der Waals surface area contributed by atoms with E-state index in [0.717, 1.165) is 39.2 Å². The minimum Gasteiger partial charge on any atom is -0.398 e. The number of rotatable bonds is 3. The standard InChI is InChI=1S/C18H20N4/c1-12-11-20-18(15-5-4-6-16(19)17(12)15)21-13-7-9-14(10-8-13)22(2)3/h4-11H,19H2,1-3H3,(H,20,21). The third-order valence-electron chi connectivity index (χ3n) is 3.78. The maximum atomic E-state index is 6.11. The number of nitrogen functional groups attached to an aromatic ring is 1. The molecule has 0 saturated carbocycles. The Morgan fingerprint density at radius 1 is 1.05 bits per heavy atom. The molecule has 1 heterocycles. The molecular formula is C18H20N4. The number of nitrogens with two attached hydrogens (primary N) is 1. The van der Waals surface area contributed by atoms with Gasteiger partial charge in [0.25, 0.3) is 0 Å². The van der Waals surface area contributed by atoms with E-state index in [9.17, 15) is 0 Å². The highest BCUT2D eigenvalue weighted by Crippen LogP contribution is 2.30. The molecule has 4 nitrogen and oxygen atoms in total. The normalized spacial score (nSPS) is 10.7. The second-order valence-corrected chi connectivity index (χ2v) is 5.63. The Morgan fingerprint density at radius 2 is 1.77 bits per heavy atom. The number of aryl methyl sites for hydroxylation is 1. The first kappa shape index (κ1) is 14.2. The summed E-state index contributed by atoms with van der Waals surface area (Å²) >= 11 is 0. The molecule has 0 spiro atoms. The summed E-state index contributed by atoms with van der Waals surface area (Å²) in [6.07, 6.45) is 1.86.